The number of alkyl halides is 1. The second-order valence-electron chi connectivity index (χ2n) is 7.26. The van der Waals surface area contributed by atoms with E-state index in [1.165, 1.54) is 6.92 Å². The van der Waals surface area contributed by atoms with E-state index in [2.05, 4.69) is 11.9 Å². The van der Waals surface area contributed by atoms with Crippen LogP contribution in [0, 0.1) is 0 Å². The van der Waals surface area contributed by atoms with E-state index in [0.717, 1.165) is 22.4 Å². The third-order valence-corrected chi connectivity index (χ3v) is 5.27. The van der Waals surface area contributed by atoms with E-state index in [9.17, 15) is 9.50 Å². The number of nitrogens with one attached hydrogen (secondary N) is 2. The molecule has 0 aromatic heterocycles. The van der Waals surface area contributed by atoms with Gasteiger partial charge in [-0.25, -0.2) is 4.39 Å². The van der Waals surface area contributed by atoms with E-state index >= 15 is 0 Å². The Labute approximate surface area is 171 Å². The van der Waals surface area contributed by atoms with Gasteiger partial charge in [-0.1, -0.05) is 55.1 Å². The lowest BCUT2D eigenvalue weighted by Gasteiger charge is -2.42. The third kappa shape index (κ3) is 5.23. The highest BCUT2D eigenvalue weighted by atomic mass is 19.1. The molecule has 0 aliphatic heterocycles. The molecule has 0 aliphatic carbocycles. The molecule has 0 spiro atoms. The fraction of sp³-hybridized carbons (Fsp3) is 0.304. The van der Waals surface area contributed by atoms with Crippen LogP contribution in [0.4, 0.5) is 4.39 Å². The number of rotatable bonds is 10. The van der Waals surface area contributed by atoms with Gasteiger partial charge in [-0.05, 0) is 42.7 Å². The van der Waals surface area contributed by atoms with Crippen LogP contribution in [-0.2, 0) is 0 Å². The molecule has 4 N–H and O–H groups in total. The number of benzene rings is 2. The van der Waals surface area contributed by atoms with Crippen molar-refractivity contribution < 1.29 is 19.4 Å². The van der Waals surface area contributed by atoms with Crippen LogP contribution >= 0.6 is 0 Å². The molecule has 2 aromatic rings. The fourth-order valence-corrected chi connectivity index (χ4v) is 2.91. The van der Waals surface area contributed by atoms with Crippen molar-refractivity contribution in [3.63, 3.8) is 0 Å². The lowest BCUT2D eigenvalue weighted by molar-refractivity contribution is -0.0400. The van der Waals surface area contributed by atoms with Crippen molar-refractivity contribution >= 4 is 6.08 Å². The lowest BCUT2D eigenvalue weighted by Crippen LogP contribution is -2.63. The van der Waals surface area contributed by atoms with E-state index in [-0.39, 0.29) is 5.70 Å². The molecule has 29 heavy (non-hydrogen) atoms. The Morgan fingerprint density at radius 3 is 2.45 bits per heavy atom. The summed E-state index contributed by atoms with van der Waals surface area (Å²) in [6, 6.07) is 15.9. The van der Waals surface area contributed by atoms with Crippen LogP contribution in [0.15, 0.2) is 66.9 Å². The molecular formula is C23H29FN2O3. The molecule has 0 saturated carbocycles. The fourth-order valence-electron chi connectivity index (χ4n) is 2.91. The van der Waals surface area contributed by atoms with Crippen LogP contribution in [0.1, 0.15) is 19.4 Å². The first-order valence-corrected chi connectivity index (χ1v) is 9.31. The number of hydrogen-bond donors (Lipinski definition) is 4. The average molecular weight is 400 g/mol. The van der Waals surface area contributed by atoms with Crippen molar-refractivity contribution in [2.75, 3.05) is 20.3 Å². The topological polar surface area (TPSA) is 73.8 Å². The Morgan fingerprint density at radius 2 is 1.86 bits per heavy atom. The Kier molecular flexibility index (Phi) is 7.56. The van der Waals surface area contributed by atoms with Gasteiger partial charge in [0, 0.05) is 6.54 Å². The van der Waals surface area contributed by atoms with Crippen LogP contribution in [-0.4, -0.2) is 41.8 Å². The highest BCUT2D eigenvalue weighted by Gasteiger charge is 2.45. The molecule has 156 valence electrons. The predicted octanol–water partition coefficient (Wildman–Crippen LogP) is 3.94. The van der Waals surface area contributed by atoms with E-state index < -0.39 is 17.8 Å². The maximum absolute atomic E-state index is 13.3. The quantitative estimate of drug-likeness (QED) is 0.455. The van der Waals surface area contributed by atoms with Crippen LogP contribution in [0.5, 0.6) is 5.75 Å². The minimum atomic E-state index is -1.74. The Morgan fingerprint density at radius 1 is 1.17 bits per heavy atom. The lowest BCUT2D eigenvalue weighted by atomic mass is 9.81. The van der Waals surface area contributed by atoms with Crippen LogP contribution in [0.2, 0.25) is 0 Å². The summed E-state index contributed by atoms with van der Waals surface area (Å²) < 4.78 is 18.6. The summed E-state index contributed by atoms with van der Waals surface area (Å²) >= 11 is 0. The molecule has 0 heterocycles. The van der Waals surface area contributed by atoms with Crippen LogP contribution < -0.4 is 15.5 Å². The van der Waals surface area contributed by atoms with Crippen molar-refractivity contribution in [1.82, 2.24) is 10.8 Å². The Bertz CT molecular complexity index is 849. The zero-order valence-electron chi connectivity index (χ0n) is 17.1. The number of hydrogen-bond acceptors (Lipinski definition) is 5. The van der Waals surface area contributed by atoms with Gasteiger partial charge in [0.2, 0.25) is 0 Å². The number of aliphatic hydroxyl groups is 1. The van der Waals surface area contributed by atoms with Crippen molar-refractivity contribution in [3.05, 3.63) is 72.4 Å². The predicted molar refractivity (Wildman–Crippen MR) is 115 cm³/mol. The van der Waals surface area contributed by atoms with Crippen molar-refractivity contribution in [2.24, 2.45) is 0 Å². The largest absolute Gasteiger partial charge is 0.497 e. The van der Waals surface area contributed by atoms with Crippen molar-refractivity contribution in [3.8, 4) is 16.9 Å². The van der Waals surface area contributed by atoms with Gasteiger partial charge in [0.05, 0.1) is 18.3 Å². The van der Waals surface area contributed by atoms with Crippen LogP contribution in [0.3, 0.4) is 0 Å². The van der Waals surface area contributed by atoms with Gasteiger partial charge in [0.1, 0.15) is 18.0 Å². The maximum Gasteiger partial charge on any atom is 0.120 e. The summed E-state index contributed by atoms with van der Waals surface area (Å²) in [6.07, 6.45) is 3.78. The zero-order chi connectivity index (χ0) is 21.5. The molecule has 0 radical (unpaired) electrons. The minimum Gasteiger partial charge on any atom is -0.497 e. The number of ether oxygens (including phenoxy) is 1. The molecule has 2 rings (SSSR count). The number of halogens is 1. The minimum absolute atomic E-state index is 0.0798. The van der Waals surface area contributed by atoms with E-state index in [1.54, 1.807) is 14.0 Å². The summed E-state index contributed by atoms with van der Waals surface area (Å²) in [6.45, 7) is 5.94. The molecule has 0 saturated heterocycles. The van der Waals surface area contributed by atoms with Crippen molar-refractivity contribution in [2.45, 2.75) is 25.0 Å². The molecular weight excluding hydrogens is 371 g/mol. The standard InChI is InChI=1S/C23H29FN2O3/c1-17(26-28)23(3,22(2,27)16-24)25-14-6-7-18-10-12-19(13-11-18)20-8-5-9-21(15-20)29-4/h5-13,15,25-28H,1,14,16H2,2-4H3/b7-6+. The molecule has 0 bridgehead atoms. The van der Waals surface area contributed by atoms with E-state index in [4.69, 9.17) is 9.94 Å². The van der Waals surface area contributed by atoms with Gasteiger partial charge in [-0.3, -0.25) is 10.7 Å². The summed E-state index contributed by atoms with van der Waals surface area (Å²) in [5.74, 6) is 0.809. The monoisotopic (exact) mass is 400 g/mol. The molecule has 0 fully saturated rings. The zero-order valence-corrected chi connectivity index (χ0v) is 17.1. The van der Waals surface area contributed by atoms with Crippen molar-refractivity contribution in [1.29, 1.82) is 0 Å². The van der Waals surface area contributed by atoms with Crippen LogP contribution in [0.25, 0.3) is 17.2 Å². The van der Waals surface area contributed by atoms with E-state index in [0.29, 0.717) is 6.54 Å². The Hall–Kier alpha value is -2.67. The molecule has 6 heteroatoms. The van der Waals surface area contributed by atoms with E-state index in [1.807, 2.05) is 66.2 Å². The van der Waals surface area contributed by atoms with Gasteiger partial charge in [0.25, 0.3) is 0 Å². The SMILES string of the molecule is C=C(NO)C(C)(NC/C=C/c1ccc(-c2cccc(OC)c2)cc1)C(C)(O)CF. The van der Waals surface area contributed by atoms with Gasteiger partial charge in [0.15, 0.2) is 0 Å². The summed E-state index contributed by atoms with van der Waals surface area (Å²) in [4.78, 5) is 0. The van der Waals surface area contributed by atoms with Gasteiger partial charge in [-0.15, -0.1) is 0 Å². The normalized spacial score (nSPS) is 15.5. The van der Waals surface area contributed by atoms with Gasteiger partial charge in [-0.2, -0.15) is 0 Å². The first-order chi connectivity index (χ1) is 13.8. The summed E-state index contributed by atoms with van der Waals surface area (Å²) in [5.41, 5.74) is 2.13. The number of hydroxylamine groups is 1. The smallest absolute Gasteiger partial charge is 0.120 e. The second-order valence-corrected chi connectivity index (χ2v) is 7.26. The Balaban J connectivity index is 2.05. The first-order valence-electron chi connectivity index (χ1n) is 9.31. The summed E-state index contributed by atoms with van der Waals surface area (Å²) in [5, 5.41) is 22.6. The average Bonchev–Trinajstić information content (AvgIpc) is 2.76. The molecule has 2 unspecified atom stereocenters. The summed E-state index contributed by atoms with van der Waals surface area (Å²) in [7, 11) is 1.64. The highest BCUT2D eigenvalue weighted by Crippen LogP contribution is 2.28. The molecule has 2 aromatic carbocycles. The first kappa shape index (κ1) is 22.6. The molecule has 0 amide bonds. The molecule has 2 atom stereocenters. The molecule has 5 nitrogen and oxygen atoms in total. The second kappa shape index (κ2) is 9.69. The number of methoxy groups -OCH3 is 1. The molecule has 0 aliphatic rings. The van der Waals surface area contributed by atoms with Gasteiger partial charge >= 0.3 is 0 Å². The third-order valence-electron chi connectivity index (χ3n) is 5.27. The highest BCUT2D eigenvalue weighted by molar-refractivity contribution is 5.67. The van der Waals surface area contributed by atoms with Gasteiger partial charge < -0.3 is 15.2 Å². The maximum atomic E-state index is 13.3.